The molecule has 1 saturated heterocycles. The molecule has 1 aromatic rings. The number of nitrogens with one attached hydrogen (secondary N) is 3. The van der Waals surface area contributed by atoms with Gasteiger partial charge in [0.1, 0.15) is 10.6 Å². The van der Waals surface area contributed by atoms with Crippen molar-refractivity contribution in [3.8, 4) is 0 Å². The summed E-state index contributed by atoms with van der Waals surface area (Å²) in [5.74, 6) is -0.188. The molecule has 0 unspecified atom stereocenters. The summed E-state index contributed by atoms with van der Waals surface area (Å²) in [5, 5.41) is 3.21. The topological polar surface area (TPSA) is 104 Å². The summed E-state index contributed by atoms with van der Waals surface area (Å²) >= 11 is 0. The molecule has 0 saturated carbocycles. The number of H-pyrrole nitrogens is 1. The average molecular weight is 367 g/mol. The first-order chi connectivity index (χ1) is 10.5. The van der Waals surface area contributed by atoms with Crippen LogP contribution in [0.1, 0.15) is 17.4 Å². The van der Waals surface area contributed by atoms with E-state index >= 15 is 0 Å². The zero-order chi connectivity index (χ0) is 16.2. The molecule has 2 heterocycles. The van der Waals surface area contributed by atoms with Gasteiger partial charge in [-0.3, -0.25) is 4.79 Å². The largest absolute Gasteiger partial charge is 0.383 e. The zero-order valence-corrected chi connectivity index (χ0v) is 14.8. The van der Waals surface area contributed by atoms with E-state index in [1.807, 2.05) is 6.92 Å². The summed E-state index contributed by atoms with van der Waals surface area (Å²) in [4.78, 5) is 17.0. The molecule has 0 radical (unpaired) electrons. The Hall–Kier alpha value is -1.13. The van der Waals surface area contributed by atoms with Crippen molar-refractivity contribution in [2.45, 2.75) is 17.9 Å². The number of carbonyl (C=O) groups excluding carboxylic acids is 1. The average Bonchev–Trinajstić information content (AvgIpc) is 2.98. The number of aromatic nitrogens is 1. The van der Waals surface area contributed by atoms with Crippen LogP contribution < -0.4 is 10.0 Å². The monoisotopic (exact) mass is 366 g/mol. The Labute approximate surface area is 142 Å². The molecular weight excluding hydrogens is 344 g/mol. The first-order valence-corrected chi connectivity index (χ1v) is 8.62. The first-order valence-electron chi connectivity index (χ1n) is 7.14. The maximum atomic E-state index is 12.4. The van der Waals surface area contributed by atoms with Crippen LogP contribution in [-0.2, 0) is 14.8 Å². The molecule has 8 nitrogen and oxygen atoms in total. The third-order valence-corrected chi connectivity index (χ3v) is 5.00. The number of nitrogens with zero attached hydrogens (tertiary/aromatic N) is 1. The van der Waals surface area contributed by atoms with E-state index in [0.29, 0.717) is 6.54 Å². The summed E-state index contributed by atoms with van der Waals surface area (Å²) in [5.41, 5.74) is 0.279. The molecule has 10 heteroatoms. The zero-order valence-electron chi connectivity index (χ0n) is 13.2. The molecule has 1 aliphatic rings. The second-order valence-electron chi connectivity index (χ2n) is 5.19. The molecule has 0 aliphatic carbocycles. The maximum Gasteiger partial charge on any atom is 0.270 e. The number of hydrogen-bond donors (Lipinski definition) is 3. The number of piperazine rings is 1. The first kappa shape index (κ1) is 19.9. The molecule has 0 bridgehead atoms. The van der Waals surface area contributed by atoms with Gasteiger partial charge in [-0.05, 0) is 13.0 Å². The van der Waals surface area contributed by atoms with Crippen LogP contribution in [0.3, 0.4) is 0 Å². The van der Waals surface area contributed by atoms with Crippen LogP contribution in [0.15, 0.2) is 17.2 Å². The second-order valence-corrected chi connectivity index (χ2v) is 6.96. The molecule has 1 amide bonds. The van der Waals surface area contributed by atoms with E-state index in [1.54, 1.807) is 4.90 Å². The van der Waals surface area contributed by atoms with E-state index in [0.717, 1.165) is 13.1 Å². The number of amides is 1. The van der Waals surface area contributed by atoms with Crippen LogP contribution in [0.2, 0.25) is 0 Å². The lowest BCUT2D eigenvalue weighted by molar-refractivity contribution is 0.0650. The Morgan fingerprint density at radius 1 is 1.52 bits per heavy atom. The number of ether oxygens (including phenoxy) is 1. The molecule has 132 valence electrons. The highest BCUT2D eigenvalue weighted by Crippen LogP contribution is 2.14. The van der Waals surface area contributed by atoms with Crippen molar-refractivity contribution >= 4 is 28.3 Å². The molecular formula is C13H23ClN4O4S. The molecule has 1 atom stereocenters. The van der Waals surface area contributed by atoms with E-state index in [4.69, 9.17) is 4.74 Å². The minimum atomic E-state index is -3.63. The van der Waals surface area contributed by atoms with Crippen molar-refractivity contribution in [2.75, 3.05) is 39.9 Å². The third-order valence-electron chi connectivity index (χ3n) is 3.56. The highest BCUT2D eigenvalue weighted by molar-refractivity contribution is 7.89. The van der Waals surface area contributed by atoms with Crippen LogP contribution in [0.4, 0.5) is 0 Å². The predicted molar refractivity (Wildman–Crippen MR) is 88.5 cm³/mol. The molecule has 1 aromatic heterocycles. The lowest BCUT2D eigenvalue weighted by Crippen LogP contribution is -2.52. The Kier molecular flexibility index (Phi) is 7.49. The maximum absolute atomic E-state index is 12.4. The van der Waals surface area contributed by atoms with E-state index in [2.05, 4.69) is 15.0 Å². The van der Waals surface area contributed by atoms with Crippen molar-refractivity contribution in [1.29, 1.82) is 0 Å². The quantitative estimate of drug-likeness (QED) is 0.605. The molecule has 1 aliphatic heterocycles. The second kappa shape index (κ2) is 8.65. The van der Waals surface area contributed by atoms with Gasteiger partial charge < -0.3 is 19.9 Å². The van der Waals surface area contributed by atoms with Crippen LogP contribution in [0.25, 0.3) is 0 Å². The summed E-state index contributed by atoms with van der Waals surface area (Å²) < 4.78 is 31.3. The lowest BCUT2D eigenvalue weighted by Gasteiger charge is -2.33. The van der Waals surface area contributed by atoms with Gasteiger partial charge in [0.2, 0.25) is 10.0 Å². The number of aromatic amines is 1. The Morgan fingerprint density at radius 2 is 2.26 bits per heavy atom. The highest BCUT2D eigenvalue weighted by atomic mass is 35.5. The number of hydrogen-bond acceptors (Lipinski definition) is 5. The lowest BCUT2D eigenvalue weighted by atomic mass is 10.2. The smallest absolute Gasteiger partial charge is 0.270 e. The van der Waals surface area contributed by atoms with Gasteiger partial charge in [-0.1, -0.05) is 0 Å². The van der Waals surface area contributed by atoms with Gasteiger partial charge >= 0.3 is 0 Å². The summed E-state index contributed by atoms with van der Waals surface area (Å²) in [7, 11) is -2.14. The van der Waals surface area contributed by atoms with Gasteiger partial charge in [-0.25, -0.2) is 13.1 Å². The summed E-state index contributed by atoms with van der Waals surface area (Å²) in [6, 6.07) is 1.44. The van der Waals surface area contributed by atoms with Crippen molar-refractivity contribution in [3.05, 3.63) is 18.0 Å². The Balaban J connectivity index is 0.00000264. The fraction of sp³-hybridized carbons (Fsp3) is 0.615. The summed E-state index contributed by atoms with van der Waals surface area (Å²) in [6.45, 7) is 4.50. The van der Waals surface area contributed by atoms with E-state index < -0.39 is 10.0 Å². The Morgan fingerprint density at radius 3 is 2.91 bits per heavy atom. The predicted octanol–water partition coefficient (Wildman–Crippen LogP) is -0.205. The normalized spacial score (nSPS) is 18.5. The number of halogens is 1. The van der Waals surface area contributed by atoms with Crippen LogP contribution in [0.5, 0.6) is 0 Å². The minimum absolute atomic E-state index is 0. The standard InChI is InChI=1S/C13H22N4O4S.ClH/c1-10-8-14-3-5-17(10)13(18)12-7-11(9-15-12)22(19,20)16-4-6-21-2;/h7,9-10,14-16H,3-6,8H2,1-2H3;1H/t10-;/m0./s1. The molecule has 23 heavy (non-hydrogen) atoms. The number of rotatable bonds is 6. The fourth-order valence-corrected chi connectivity index (χ4v) is 3.32. The molecule has 1 fully saturated rings. The van der Waals surface area contributed by atoms with Gasteiger partial charge in [0, 0.05) is 45.5 Å². The van der Waals surface area contributed by atoms with E-state index in [1.165, 1.54) is 19.4 Å². The molecule has 0 spiro atoms. The van der Waals surface area contributed by atoms with Crippen LogP contribution in [0, 0.1) is 0 Å². The van der Waals surface area contributed by atoms with Crippen molar-refractivity contribution in [1.82, 2.24) is 19.9 Å². The van der Waals surface area contributed by atoms with Gasteiger partial charge in [0.05, 0.1) is 6.61 Å². The molecule has 3 N–H and O–H groups in total. The minimum Gasteiger partial charge on any atom is -0.383 e. The van der Waals surface area contributed by atoms with Crippen molar-refractivity contribution < 1.29 is 17.9 Å². The van der Waals surface area contributed by atoms with Gasteiger partial charge in [-0.2, -0.15) is 0 Å². The van der Waals surface area contributed by atoms with Crippen LogP contribution >= 0.6 is 12.4 Å². The van der Waals surface area contributed by atoms with Gasteiger partial charge in [0.15, 0.2) is 0 Å². The van der Waals surface area contributed by atoms with E-state index in [-0.39, 0.29) is 48.1 Å². The van der Waals surface area contributed by atoms with Crippen LogP contribution in [-0.4, -0.2) is 70.1 Å². The van der Waals surface area contributed by atoms with Crippen molar-refractivity contribution in [3.63, 3.8) is 0 Å². The third kappa shape index (κ3) is 4.92. The highest BCUT2D eigenvalue weighted by Gasteiger charge is 2.26. The number of methoxy groups -OCH3 is 1. The SMILES string of the molecule is COCCNS(=O)(=O)c1c[nH]c(C(=O)N2CCNC[C@@H]2C)c1.Cl. The van der Waals surface area contributed by atoms with Crippen molar-refractivity contribution in [2.24, 2.45) is 0 Å². The van der Waals surface area contributed by atoms with Gasteiger partial charge in [-0.15, -0.1) is 12.4 Å². The molecule has 0 aromatic carbocycles. The van der Waals surface area contributed by atoms with Gasteiger partial charge in [0.25, 0.3) is 5.91 Å². The number of carbonyl (C=O) groups is 1. The Bertz CT molecular complexity index is 619. The summed E-state index contributed by atoms with van der Waals surface area (Å²) in [6.07, 6.45) is 1.33. The number of sulfonamides is 1. The molecule has 2 rings (SSSR count). The van der Waals surface area contributed by atoms with E-state index in [9.17, 15) is 13.2 Å². The fourth-order valence-electron chi connectivity index (χ4n) is 2.31.